The first-order chi connectivity index (χ1) is 14.1. The summed E-state index contributed by atoms with van der Waals surface area (Å²) >= 11 is 1.68. The molecule has 0 unspecified atom stereocenters. The first kappa shape index (κ1) is 22.6. The van der Waals surface area contributed by atoms with Gasteiger partial charge in [0.25, 0.3) is 0 Å². The number of hydrogen-bond acceptors (Lipinski definition) is 5. The maximum absolute atomic E-state index is 13.2. The number of carbonyl (C=O) groups is 2. The molecule has 1 heterocycles. The second kappa shape index (κ2) is 8.98. The molecular weight excluding hydrogens is 396 g/mol. The fraction of sp³-hybridized carbons (Fsp3) is 0.500. The number of esters is 1. The van der Waals surface area contributed by atoms with Crippen molar-refractivity contribution in [2.24, 2.45) is 5.41 Å². The molecule has 30 heavy (non-hydrogen) atoms. The predicted molar refractivity (Wildman–Crippen MR) is 121 cm³/mol. The molecular formula is C24H32N2O3S. The fourth-order valence-electron chi connectivity index (χ4n) is 4.30. The fourth-order valence-corrected chi connectivity index (χ4v) is 5.09. The first-order valence-electron chi connectivity index (χ1n) is 10.5. The van der Waals surface area contributed by atoms with Crippen LogP contribution in [0.4, 0.5) is 0 Å². The number of hydrogen-bond donors (Lipinski definition) is 0. The average molecular weight is 429 g/mol. The lowest BCUT2D eigenvalue weighted by molar-refractivity contribution is -0.143. The molecule has 1 aliphatic rings. The van der Waals surface area contributed by atoms with E-state index in [0.29, 0.717) is 19.4 Å². The maximum Gasteiger partial charge on any atom is 0.325 e. The highest BCUT2D eigenvalue weighted by Crippen LogP contribution is 2.40. The van der Waals surface area contributed by atoms with Crippen LogP contribution in [0.3, 0.4) is 0 Å². The Morgan fingerprint density at radius 2 is 1.93 bits per heavy atom. The van der Waals surface area contributed by atoms with E-state index in [1.807, 2.05) is 44.6 Å². The van der Waals surface area contributed by atoms with Crippen molar-refractivity contribution in [3.8, 4) is 0 Å². The minimum Gasteiger partial charge on any atom is -0.465 e. The number of benzene rings is 1. The lowest BCUT2D eigenvalue weighted by Crippen LogP contribution is -2.29. The van der Waals surface area contributed by atoms with Gasteiger partial charge in [-0.25, -0.2) is 0 Å². The highest BCUT2D eigenvalue weighted by molar-refractivity contribution is 7.97. The van der Waals surface area contributed by atoms with Gasteiger partial charge in [0, 0.05) is 34.7 Å². The number of rotatable bonds is 7. The molecule has 0 amide bonds. The lowest BCUT2D eigenvalue weighted by Gasteiger charge is -2.30. The van der Waals surface area contributed by atoms with Crippen LogP contribution in [0.25, 0.3) is 0 Å². The Balaban J connectivity index is 2.09. The molecule has 0 saturated carbocycles. The Kier molecular flexibility index (Phi) is 6.78. The molecule has 1 aromatic carbocycles. The molecule has 3 rings (SSSR count). The molecule has 0 fully saturated rings. The summed E-state index contributed by atoms with van der Waals surface area (Å²) in [6.45, 7) is 8.58. The van der Waals surface area contributed by atoms with Gasteiger partial charge in [-0.2, -0.15) is 0 Å². The molecule has 1 aliphatic carbocycles. The van der Waals surface area contributed by atoms with Crippen LogP contribution in [-0.2, 0) is 28.9 Å². The number of ether oxygens (including phenoxy) is 1. The largest absolute Gasteiger partial charge is 0.465 e. The molecule has 0 atom stereocenters. The minimum absolute atomic E-state index is 0.114. The Hall–Kier alpha value is -2.05. The molecule has 0 aliphatic heterocycles. The van der Waals surface area contributed by atoms with Crippen molar-refractivity contribution < 1.29 is 14.3 Å². The van der Waals surface area contributed by atoms with E-state index in [1.165, 1.54) is 10.5 Å². The summed E-state index contributed by atoms with van der Waals surface area (Å²) < 4.78 is 9.29. The first-order valence-corrected chi connectivity index (χ1v) is 11.2. The molecule has 0 saturated heterocycles. The Morgan fingerprint density at radius 3 is 2.60 bits per heavy atom. The van der Waals surface area contributed by atoms with Crippen molar-refractivity contribution in [2.45, 2.75) is 58.4 Å². The topological polar surface area (TPSA) is 51.5 Å². The summed E-state index contributed by atoms with van der Waals surface area (Å²) in [6, 6.07) is 8.31. The van der Waals surface area contributed by atoms with Crippen LogP contribution in [0, 0.1) is 12.3 Å². The standard InChI is InChI=1S/C24H32N2O3S/c1-7-29-22(28)15-26-16(2)18(23-19(26)13-24(3,4)14-20(23)27)12-17-10-8-9-11-21(17)30-25(5)6/h8-11H,7,12-15H2,1-6H3. The van der Waals surface area contributed by atoms with Gasteiger partial charge in [-0.1, -0.05) is 32.0 Å². The number of Topliss-reactive ketones (excluding diaryl/α,β-unsaturated/α-hetero) is 1. The van der Waals surface area contributed by atoms with Crippen LogP contribution < -0.4 is 0 Å². The van der Waals surface area contributed by atoms with Crippen LogP contribution in [0.15, 0.2) is 29.2 Å². The van der Waals surface area contributed by atoms with E-state index < -0.39 is 0 Å². The van der Waals surface area contributed by atoms with Crippen LogP contribution in [0.5, 0.6) is 0 Å². The van der Waals surface area contributed by atoms with Crippen molar-refractivity contribution in [2.75, 3.05) is 20.7 Å². The van der Waals surface area contributed by atoms with Crippen molar-refractivity contribution in [1.82, 2.24) is 8.87 Å². The monoisotopic (exact) mass is 428 g/mol. The Morgan fingerprint density at radius 1 is 1.23 bits per heavy atom. The van der Waals surface area contributed by atoms with Crippen molar-refractivity contribution >= 4 is 23.7 Å². The molecule has 0 spiro atoms. The van der Waals surface area contributed by atoms with Crippen molar-refractivity contribution in [1.29, 1.82) is 0 Å². The van der Waals surface area contributed by atoms with Gasteiger partial charge < -0.3 is 9.30 Å². The van der Waals surface area contributed by atoms with Crippen molar-refractivity contribution in [3.63, 3.8) is 0 Å². The third-order valence-corrected chi connectivity index (χ3v) is 6.50. The van der Waals surface area contributed by atoms with E-state index in [9.17, 15) is 9.59 Å². The molecule has 2 aromatic rings. The number of fused-ring (bicyclic) bond motifs is 1. The van der Waals surface area contributed by atoms with E-state index >= 15 is 0 Å². The number of ketones is 1. The third kappa shape index (κ3) is 4.81. The number of carbonyl (C=O) groups excluding carboxylic acids is 2. The molecule has 0 radical (unpaired) electrons. The van der Waals surface area contributed by atoms with E-state index in [0.717, 1.165) is 28.9 Å². The van der Waals surface area contributed by atoms with Gasteiger partial charge in [-0.05, 0) is 68.9 Å². The minimum atomic E-state index is -0.260. The van der Waals surface area contributed by atoms with Gasteiger partial charge in [0.2, 0.25) is 0 Å². The summed E-state index contributed by atoms with van der Waals surface area (Å²) in [4.78, 5) is 26.7. The average Bonchev–Trinajstić information content (AvgIpc) is 2.88. The van der Waals surface area contributed by atoms with Gasteiger partial charge in [-0.15, -0.1) is 0 Å². The summed E-state index contributed by atoms with van der Waals surface area (Å²) in [6.07, 6.45) is 1.99. The maximum atomic E-state index is 13.2. The number of nitrogens with zero attached hydrogens (tertiary/aromatic N) is 2. The zero-order valence-corrected chi connectivity index (χ0v) is 19.7. The summed E-state index contributed by atoms with van der Waals surface area (Å²) in [5.74, 6) is -0.0796. The highest BCUT2D eigenvalue weighted by atomic mass is 32.2. The quantitative estimate of drug-likeness (QED) is 0.474. The van der Waals surface area contributed by atoms with Gasteiger partial charge >= 0.3 is 5.97 Å². The molecule has 1 aromatic heterocycles. The van der Waals surface area contributed by atoms with Gasteiger partial charge in [0.15, 0.2) is 5.78 Å². The van der Waals surface area contributed by atoms with E-state index in [2.05, 4.69) is 30.3 Å². The molecule has 162 valence electrons. The molecule has 0 bridgehead atoms. The van der Waals surface area contributed by atoms with E-state index in [1.54, 1.807) is 11.9 Å². The van der Waals surface area contributed by atoms with Gasteiger partial charge in [-0.3, -0.25) is 13.9 Å². The summed E-state index contributed by atoms with van der Waals surface area (Å²) in [5.41, 5.74) is 4.91. The Bertz CT molecular complexity index is 960. The second-order valence-corrected chi connectivity index (χ2v) is 10.3. The van der Waals surface area contributed by atoms with E-state index in [4.69, 9.17) is 4.74 Å². The SMILES string of the molecule is CCOC(=O)Cn1c(C)c(Cc2ccccc2SN(C)C)c2c1CC(C)(C)CC2=O. The van der Waals surface area contributed by atoms with Crippen LogP contribution in [0.2, 0.25) is 0 Å². The van der Waals surface area contributed by atoms with Gasteiger partial charge in [0.05, 0.1) is 6.61 Å². The zero-order valence-electron chi connectivity index (χ0n) is 18.9. The Labute approximate surface area is 183 Å². The third-order valence-electron chi connectivity index (χ3n) is 5.54. The van der Waals surface area contributed by atoms with Crippen LogP contribution >= 0.6 is 11.9 Å². The van der Waals surface area contributed by atoms with E-state index in [-0.39, 0.29) is 23.7 Å². The summed E-state index contributed by atoms with van der Waals surface area (Å²) in [5, 5.41) is 0. The van der Waals surface area contributed by atoms with Crippen LogP contribution in [0.1, 0.15) is 60.1 Å². The predicted octanol–water partition coefficient (Wildman–Crippen LogP) is 4.67. The smallest absolute Gasteiger partial charge is 0.325 e. The van der Waals surface area contributed by atoms with Gasteiger partial charge in [0.1, 0.15) is 6.54 Å². The van der Waals surface area contributed by atoms with Crippen molar-refractivity contribution in [3.05, 3.63) is 52.3 Å². The normalized spacial score (nSPS) is 15.4. The zero-order chi connectivity index (χ0) is 22.1. The number of aromatic nitrogens is 1. The molecule has 5 nitrogen and oxygen atoms in total. The highest BCUT2D eigenvalue weighted by Gasteiger charge is 2.37. The molecule has 6 heteroatoms. The second-order valence-electron chi connectivity index (χ2n) is 8.91. The summed E-state index contributed by atoms with van der Waals surface area (Å²) in [7, 11) is 4.05. The lowest BCUT2D eigenvalue weighted by atomic mass is 9.75. The van der Waals surface area contributed by atoms with Crippen LogP contribution in [-0.4, -0.2) is 41.3 Å². The molecule has 0 N–H and O–H groups in total.